The van der Waals surface area contributed by atoms with E-state index in [2.05, 4.69) is 6.92 Å². The molecule has 6 unspecified atom stereocenters. The second kappa shape index (κ2) is 12.4. The molecule has 2 fully saturated rings. The van der Waals surface area contributed by atoms with E-state index in [9.17, 15) is 24.6 Å². The van der Waals surface area contributed by atoms with E-state index < -0.39 is 41.6 Å². The highest BCUT2D eigenvalue weighted by Crippen LogP contribution is 2.37. The van der Waals surface area contributed by atoms with Gasteiger partial charge in [-0.25, -0.2) is 0 Å². The predicted molar refractivity (Wildman–Crippen MR) is 114 cm³/mol. The van der Waals surface area contributed by atoms with Crippen LogP contribution in [0, 0.1) is 23.7 Å². The number of rotatable bonds is 13. The number of carboxylic acid groups (broad SMARTS) is 1. The zero-order valence-electron chi connectivity index (χ0n) is 18.2. The molecule has 6 heteroatoms. The van der Waals surface area contributed by atoms with Crippen molar-refractivity contribution in [1.29, 1.82) is 0 Å². The fourth-order valence-electron chi connectivity index (χ4n) is 5.03. The molecule has 0 amide bonds. The first-order valence-electron chi connectivity index (χ1n) is 11.7. The normalized spacial score (nSPS) is 30.4. The van der Waals surface area contributed by atoms with Crippen LogP contribution >= 0.6 is 0 Å². The maximum Gasteiger partial charge on any atom is 0.303 e. The van der Waals surface area contributed by atoms with Gasteiger partial charge in [0.15, 0.2) is 0 Å². The molecule has 3 N–H and O–H groups in total. The Labute approximate surface area is 179 Å². The summed E-state index contributed by atoms with van der Waals surface area (Å²) in [5.41, 5.74) is 0. The fraction of sp³-hybridized carbons (Fsp3) is 0.792. The summed E-state index contributed by atoms with van der Waals surface area (Å²) >= 11 is 0. The van der Waals surface area contributed by atoms with Crippen LogP contribution in [0.3, 0.4) is 0 Å². The molecule has 0 heterocycles. The summed E-state index contributed by atoms with van der Waals surface area (Å²) in [4.78, 5) is 34.9. The van der Waals surface area contributed by atoms with E-state index >= 15 is 0 Å². The minimum absolute atomic E-state index is 0.142. The standard InChI is InChI=1S/C24H38O6/c1-2-3-8-16-11-12-17(15-16)20(25)14-13-19-18(22(28)24(30)23(19)29)9-6-4-5-7-10-21(26)27/h13-14,16-20,23,25,29H,2-12,15H2,1H3,(H,26,27)/b14-13+. The van der Waals surface area contributed by atoms with Crippen LogP contribution in [0.1, 0.15) is 84.0 Å². The summed E-state index contributed by atoms with van der Waals surface area (Å²) < 4.78 is 0. The third kappa shape index (κ3) is 7.02. The molecule has 2 saturated carbocycles. The van der Waals surface area contributed by atoms with Crippen molar-refractivity contribution < 1.29 is 29.7 Å². The van der Waals surface area contributed by atoms with Crippen LogP contribution in [0.2, 0.25) is 0 Å². The van der Waals surface area contributed by atoms with Crippen LogP contribution in [-0.4, -0.2) is 45.1 Å². The molecular weight excluding hydrogens is 384 g/mol. The molecule has 2 aliphatic rings. The summed E-state index contributed by atoms with van der Waals surface area (Å²) in [6, 6.07) is 0. The zero-order valence-corrected chi connectivity index (χ0v) is 18.2. The third-order valence-electron chi connectivity index (χ3n) is 6.89. The van der Waals surface area contributed by atoms with Crippen LogP contribution in [0.25, 0.3) is 0 Å². The number of carbonyl (C=O) groups excluding carboxylic acids is 2. The van der Waals surface area contributed by atoms with Crippen molar-refractivity contribution in [2.75, 3.05) is 0 Å². The molecule has 0 aromatic rings. The molecule has 0 spiro atoms. The van der Waals surface area contributed by atoms with Gasteiger partial charge >= 0.3 is 5.97 Å². The van der Waals surface area contributed by atoms with Gasteiger partial charge in [-0.05, 0) is 37.5 Å². The Morgan fingerprint density at radius 3 is 2.50 bits per heavy atom. The maximum absolute atomic E-state index is 12.3. The van der Waals surface area contributed by atoms with Crippen LogP contribution < -0.4 is 0 Å². The van der Waals surface area contributed by atoms with E-state index in [1.807, 2.05) is 0 Å². The average Bonchev–Trinajstić information content (AvgIpc) is 3.27. The Balaban J connectivity index is 1.85. The first-order chi connectivity index (χ1) is 14.3. The molecule has 0 bridgehead atoms. The van der Waals surface area contributed by atoms with E-state index in [0.29, 0.717) is 25.2 Å². The number of ketones is 2. The maximum atomic E-state index is 12.3. The lowest BCUT2D eigenvalue weighted by molar-refractivity contribution is -0.138. The average molecular weight is 423 g/mol. The fourth-order valence-corrected chi connectivity index (χ4v) is 5.03. The number of hydrogen-bond acceptors (Lipinski definition) is 5. The highest BCUT2D eigenvalue weighted by molar-refractivity contribution is 6.42. The summed E-state index contributed by atoms with van der Waals surface area (Å²) in [6.07, 6.45) is 11.7. The molecule has 2 aliphatic carbocycles. The molecule has 170 valence electrons. The zero-order chi connectivity index (χ0) is 22.1. The molecule has 0 aliphatic heterocycles. The SMILES string of the molecule is CCCCC1CCC(C(O)/C=C/C2C(O)C(=O)C(=O)C2CCCCCCC(=O)O)C1. The van der Waals surface area contributed by atoms with Gasteiger partial charge < -0.3 is 15.3 Å². The summed E-state index contributed by atoms with van der Waals surface area (Å²) in [7, 11) is 0. The van der Waals surface area contributed by atoms with Gasteiger partial charge in [0.2, 0.25) is 11.6 Å². The van der Waals surface area contributed by atoms with Crippen molar-refractivity contribution in [3.05, 3.63) is 12.2 Å². The quantitative estimate of drug-likeness (QED) is 0.237. The molecule has 0 aromatic carbocycles. The number of carbonyl (C=O) groups is 3. The minimum atomic E-state index is -1.32. The van der Waals surface area contributed by atoms with Gasteiger partial charge in [0.05, 0.1) is 6.10 Å². The molecule has 0 saturated heterocycles. The van der Waals surface area contributed by atoms with E-state index in [-0.39, 0.29) is 12.3 Å². The van der Waals surface area contributed by atoms with Crippen molar-refractivity contribution in [3.8, 4) is 0 Å². The van der Waals surface area contributed by atoms with Crippen molar-refractivity contribution in [2.24, 2.45) is 23.7 Å². The number of aliphatic hydroxyl groups excluding tert-OH is 2. The van der Waals surface area contributed by atoms with E-state index in [4.69, 9.17) is 5.11 Å². The molecule has 0 radical (unpaired) electrons. The highest BCUT2D eigenvalue weighted by atomic mass is 16.4. The monoisotopic (exact) mass is 422 g/mol. The topological polar surface area (TPSA) is 112 Å². The first-order valence-corrected chi connectivity index (χ1v) is 11.7. The van der Waals surface area contributed by atoms with Crippen LogP contribution in [-0.2, 0) is 14.4 Å². The second-order valence-electron chi connectivity index (χ2n) is 9.16. The Kier molecular flexibility index (Phi) is 10.2. The van der Waals surface area contributed by atoms with E-state index in [0.717, 1.165) is 32.1 Å². The largest absolute Gasteiger partial charge is 0.481 e. The van der Waals surface area contributed by atoms with Gasteiger partial charge in [-0.15, -0.1) is 0 Å². The van der Waals surface area contributed by atoms with Crippen molar-refractivity contribution >= 4 is 17.5 Å². The first kappa shape index (κ1) is 24.7. The number of unbranched alkanes of at least 4 members (excludes halogenated alkanes) is 4. The summed E-state index contributed by atoms with van der Waals surface area (Å²) in [5.74, 6) is -2.29. The molecule has 6 atom stereocenters. The number of aliphatic carboxylic acids is 1. The Morgan fingerprint density at radius 1 is 1.07 bits per heavy atom. The Hall–Kier alpha value is -1.53. The number of carboxylic acids is 1. The van der Waals surface area contributed by atoms with Gasteiger partial charge in [0, 0.05) is 18.3 Å². The highest BCUT2D eigenvalue weighted by Gasteiger charge is 2.46. The lowest BCUT2D eigenvalue weighted by atomic mass is 9.87. The molecule has 0 aromatic heterocycles. The lowest BCUT2D eigenvalue weighted by Gasteiger charge is -2.19. The van der Waals surface area contributed by atoms with Crippen molar-refractivity contribution in [2.45, 2.75) is 96.2 Å². The summed E-state index contributed by atoms with van der Waals surface area (Å²) in [6.45, 7) is 2.19. The number of aliphatic hydroxyl groups is 2. The van der Waals surface area contributed by atoms with Gasteiger partial charge in [-0.2, -0.15) is 0 Å². The van der Waals surface area contributed by atoms with Crippen LogP contribution in [0.15, 0.2) is 12.2 Å². The van der Waals surface area contributed by atoms with Crippen LogP contribution in [0.4, 0.5) is 0 Å². The van der Waals surface area contributed by atoms with E-state index in [1.54, 1.807) is 12.2 Å². The van der Waals surface area contributed by atoms with Gasteiger partial charge in [-0.1, -0.05) is 64.0 Å². The lowest BCUT2D eigenvalue weighted by Crippen LogP contribution is -2.23. The predicted octanol–water partition coefficient (Wildman–Crippen LogP) is 3.68. The molecular formula is C24H38O6. The van der Waals surface area contributed by atoms with E-state index in [1.165, 1.54) is 19.3 Å². The van der Waals surface area contributed by atoms with Crippen molar-refractivity contribution in [1.82, 2.24) is 0 Å². The Bertz CT molecular complexity index is 613. The Morgan fingerprint density at radius 2 is 1.80 bits per heavy atom. The second-order valence-corrected chi connectivity index (χ2v) is 9.16. The molecule has 2 rings (SSSR count). The minimum Gasteiger partial charge on any atom is -0.481 e. The smallest absolute Gasteiger partial charge is 0.303 e. The summed E-state index contributed by atoms with van der Waals surface area (Å²) in [5, 5.41) is 29.5. The number of Topliss-reactive ketones (excluding diaryl/α,β-unsaturated/α-hetero) is 2. The number of hydrogen-bond donors (Lipinski definition) is 3. The van der Waals surface area contributed by atoms with Crippen molar-refractivity contribution in [3.63, 3.8) is 0 Å². The molecule has 6 nitrogen and oxygen atoms in total. The van der Waals surface area contributed by atoms with Gasteiger partial charge in [-0.3, -0.25) is 14.4 Å². The van der Waals surface area contributed by atoms with Gasteiger partial charge in [0.25, 0.3) is 0 Å². The van der Waals surface area contributed by atoms with Gasteiger partial charge in [0.1, 0.15) is 6.10 Å². The molecule has 30 heavy (non-hydrogen) atoms. The third-order valence-corrected chi connectivity index (χ3v) is 6.89. The van der Waals surface area contributed by atoms with Crippen LogP contribution in [0.5, 0.6) is 0 Å².